The lowest BCUT2D eigenvalue weighted by molar-refractivity contribution is -0.386. The van der Waals surface area contributed by atoms with Crippen LogP contribution in [0.3, 0.4) is 0 Å². The van der Waals surface area contributed by atoms with Gasteiger partial charge in [-0.1, -0.05) is 0 Å². The van der Waals surface area contributed by atoms with Crippen molar-refractivity contribution in [3.63, 3.8) is 0 Å². The minimum Gasteiger partial charge on any atom is -0.386 e. The molecule has 2 rings (SSSR count). The van der Waals surface area contributed by atoms with Gasteiger partial charge >= 0.3 is 5.69 Å². The normalized spacial score (nSPS) is 22.5. The van der Waals surface area contributed by atoms with Gasteiger partial charge in [-0.2, -0.15) is 4.39 Å². The highest BCUT2D eigenvalue weighted by molar-refractivity contribution is 5.62. The summed E-state index contributed by atoms with van der Waals surface area (Å²) < 4.78 is 31.4. The number of anilines is 1. The average Bonchev–Trinajstić information content (AvgIpc) is 2.72. The SMILES string of the molecule is O=[N+]([O-])c1c(F)cc(F)cc1NCC1(O)CCOC1. The number of hydrogen-bond acceptors (Lipinski definition) is 5. The Kier molecular flexibility index (Phi) is 3.63. The average molecular weight is 274 g/mol. The number of nitro benzene ring substituents is 1. The van der Waals surface area contributed by atoms with Crippen LogP contribution < -0.4 is 5.32 Å². The topological polar surface area (TPSA) is 84.6 Å². The summed E-state index contributed by atoms with van der Waals surface area (Å²) in [5.74, 6) is -2.19. The molecule has 1 atom stereocenters. The van der Waals surface area contributed by atoms with Crippen LogP contribution in [0.1, 0.15) is 6.42 Å². The van der Waals surface area contributed by atoms with Crippen molar-refractivity contribution in [2.45, 2.75) is 12.0 Å². The third-order valence-electron chi connectivity index (χ3n) is 2.90. The molecule has 1 saturated heterocycles. The Morgan fingerprint density at radius 1 is 1.53 bits per heavy atom. The molecule has 104 valence electrons. The van der Waals surface area contributed by atoms with E-state index in [2.05, 4.69) is 5.32 Å². The predicted molar refractivity (Wildman–Crippen MR) is 61.9 cm³/mol. The number of hydrogen-bond donors (Lipinski definition) is 2. The molecule has 0 saturated carbocycles. The molecule has 1 aromatic carbocycles. The summed E-state index contributed by atoms with van der Waals surface area (Å²) in [6.07, 6.45) is 0.353. The van der Waals surface area contributed by atoms with Gasteiger partial charge in [0.15, 0.2) is 0 Å². The molecule has 0 aromatic heterocycles. The zero-order valence-electron chi connectivity index (χ0n) is 9.86. The molecular weight excluding hydrogens is 262 g/mol. The molecule has 0 radical (unpaired) electrons. The van der Waals surface area contributed by atoms with E-state index in [9.17, 15) is 24.0 Å². The van der Waals surface area contributed by atoms with Crippen LogP contribution in [0.2, 0.25) is 0 Å². The third kappa shape index (κ3) is 2.96. The summed E-state index contributed by atoms with van der Waals surface area (Å²) in [6.45, 7) is 0.361. The summed E-state index contributed by atoms with van der Waals surface area (Å²) in [7, 11) is 0. The standard InChI is InChI=1S/C11H12F2N2O4/c12-7-3-8(13)10(15(17)18)9(4-7)14-5-11(16)1-2-19-6-11/h3-4,14,16H,1-2,5-6H2. The highest BCUT2D eigenvalue weighted by Crippen LogP contribution is 2.30. The van der Waals surface area contributed by atoms with Crippen molar-refractivity contribution in [3.05, 3.63) is 33.9 Å². The first kappa shape index (κ1) is 13.6. The highest BCUT2D eigenvalue weighted by Gasteiger charge is 2.33. The Bertz CT molecular complexity index is 504. The van der Waals surface area contributed by atoms with E-state index in [1.807, 2.05) is 0 Å². The lowest BCUT2D eigenvalue weighted by Gasteiger charge is -2.21. The van der Waals surface area contributed by atoms with E-state index >= 15 is 0 Å². The van der Waals surface area contributed by atoms with Crippen LogP contribution in [0, 0.1) is 21.7 Å². The maximum atomic E-state index is 13.3. The van der Waals surface area contributed by atoms with E-state index in [1.165, 1.54) is 0 Å². The minimum absolute atomic E-state index is 0.0750. The molecule has 0 spiro atoms. The number of benzene rings is 1. The molecule has 0 amide bonds. The third-order valence-corrected chi connectivity index (χ3v) is 2.90. The van der Waals surface area contributed by atoms with E-state index in [1.54, 1.807) is 0 Å². The van der Waals surface area contributed by atoms with Gasteiger partial charge in [0.25, 0.3) is 0 Å². The van der Waals surface area contributed by atoms with Gasteiger partial charge in [-0.3, -0.25) is 10.1 Å². The smallest absolute Gasteiger partial charge is 0.327 e. The van der Waals surface area contributed by atoms with Crippen LogP contribution in [-0.4, -0.2) is 35.4 Å². The van der Waals surface area contributed by atoms with Crippen LogP contribution in [0.25, 0.3) is 0 Å². The molecule has 8 heteroatoms. The number of nitro groups is 1. The summed E-state index contributed by atoms with van der Waals surface area (Å²) in [6, 6.07) is 1.26. The van der Waals surface area contributed by atoms with Gasteiger partial charge in [0, 0.05) is 31.7 Å². The fourth-order valence-corrected chi connectivity index (χ4v) is 1.88. The Morgan fingerprint density at radius 3 is 2.84 bits per heavy atom. The van der Waals surface area contributed by atoms with Crippen molar-refractivity contribution in [1.82, 2.24) is 0 Å². The zero-order chi connectivity index (χ0) is 14.0. The fourth-order valence-electron chi connectivity index (χ4n) is 1.88. The molecule has 1 fully saturated rings. The van der Waals surface area contributed by atoms with Gasteiger partial charge in [0.05, 0.1) is 11.5 Å². The lowest BCUT2D eigenvalue weighted by atomic mass is 10.0. The summed E-state index contributed by atoms with van der Waals surface area (Å²) in [5.41, 5.74) is -2.33. The van der Waals surface area contributed by atoms with Gasteiger partial charge in [-0.15, -0.1) is 0 Å². The number of halogens is 2. The van der Waals surface area contributed by atoms with E-state index in [0.29, 0.717) is 19.1 Å². The molecule has 0 aliphatic carbocycles. The molecule has 0 bridgehead atoms. The van der Waals surface area contributed by atoms with Gasteiger partial charge in [0.2, 0.25) is 5.82 Å². The summed E-state index contributed by atoms with van der Waals surface area (Å²) >= 11 is 0. The molecule has 1 aliphatic heterocycles. The maximum absolute atomic E-state index is 13.3. The fraction of sp³-hybridized carbons (Fsp3) is 0.455. The molecule has 19 heavy (non-hydrogen) atoms. The van der Waals surface area contributed by atoms with Crippen LogP contribution in [0.4, 0.5) is 20.2 Å². The first-order chi connectivity index (χ1) is 8.91. The second kappa shape index (κ2) is 5.06. The number of nitrogens with one attached hydrogen (secondary N) is 1. The molecule has 2 N–H and O–H groups in total. The monoisotopic (exact) mass is 274 g/mol. The molecular formula is C11H12F2N2O4. The second-order valence-electron chi connectivity index (χ2n) is 4.42. The van der Waals surface area contributed by atoms with Crippen LogP contribution >= 0.6 is 0 Å². The largest absolute Gasteiger partial charge is 0.386 e. The van der Waals surface area contributed by atoms with Gasteiger partial charge < -0.3 is 15.2 Å². The Labute approximate surface area is 107 Å². The van der Waals surface area contributed by atoms with E-state index in [-0.39, 0.29) is 18.8 Å². The number of aliphatic hydroxyl groups is 1. The van der Waals surface area contributed by atoms with E-state index < -0.39 is 27.8 Å². The van der Waals surface area contributed by atoms with Crippen LogP contribution in [-0.2, 0) is 4.74 Å². The summed E-state index contributed by atoms with van der Waals surface area (Å²) in [4.78, 5) is 9.81. The van der Waals surface area contributed by atoms with Crippen molar-refractivity contribution >= 4 is 11.4 Å². The Hall–Kier alpha value is -1.80. The Morgan fingerprint density at radius 2 is 2.26 bits per heavy atom. The van der Waals surface area contributed by atoms with Crippen molar-refractivity contribution in [1.29, 1.82) is 0 Å². The molecule has 1 heterocycles. The number of rotatable bonds is 4. The van der Waals surface area contributed by atoms with Crippen molar-refractivity contribution in [2.75, 3.05) is 25.1 Å². The van der Waals surface area contributed by atoms with Crippen LogP contribution in [0.15, 0.2) is 12.1 Å². The van der Waals surface area contributed by atoms with Crippen molar-refractivity contribution < 1.29 is 23.5 Å². The molecule has 1 aliphatic rings. The van der Waals surface area contributed by atoms with E-state index in [4.69, 9.17) is 4.74 Å². The highest BCUT2D eigenvalue weighted by atomic mass is 19.1. The lowest BCUT2D eigenvalue weighted by Crippen LogP contribution is -2.37. The molecule has 6 nitrogen and oxygen atoms in total. The van der Waals surface area contributed by atoms with Gasteiger partial charge in [0.1, 0.15) is 17.1 Å². The van der Waals surface area contributed by atoms with Crippen LogP contribution in [0.5, 0.6) is 0 Å². The Balaban J connectivity index is 2.21. The van der Waals surface area contributed by atoms with E-state index in [0.717, 1.165) is 6.07 Å². The zero-order valence-corrected chi connectivity index (χ0v) is 9.86. The molecule has 1 aromatic rings. The maximum Gasteiger partial charge on any atom is 0.327 e. The van der Waals surface area contributed by atoms with Crippen molar-refractivity contribution in [3.8, 4) is 0 Å². The second-order valence-corrected chi connectivity index (χ2v) is 4.42. The summed E-state index contributed by atoms with van der Waals surface area (Å²) in [5, 5.41) is 23.2. The van der Waals surface area contributed by atoms with Gasteiger partial charge in [-0.05, 0) is 0 Å². The minimum atomic E-state index is -1.26. The quantitative estimate of drug-likeness (QED) is 0.641. The molecule has 1 unspecified atom stereocenters. The van der Waals surface area contributed by atoms with Crippen molar-refractivity contribution in [2.24, 2.45) is 0 Å². The first-order valence-corrected chi connectivity index (χ1v) is 5.59. The first-order valence-electron chi connectivity index (χ1n) is 5.59. The van der Waals surface area contributed by atoms with Gasteiger partial charge in [-0.25, -0.2) is 4.39 Å². The number of ether oxygens (including phenoxy) is 1. The number of nitrogens with zero attached hydrogens (tertiary/aromatic N) is 1. The predicted octanol–water partition coefficient (Wildman–Crippen LogP) is 1.44.